The number of carbonyl (C=O) groups excluding carboxylic acids is 1. The number of aryl methyl sites for hydroxylation is 1. The summed E-state index contributed by atoms with van der Waals surface area (Å²) in [6.07, 6.45) is 0. The van der Waals surface area contributed by atoms with Gasteiger partial charge in [-0.1, -0.05) is 48.5 Å². The van der Waals surface area contributed by atoms with E-state index in [2.05, 4.69) is 15.5 Å². The molecule has 0 unspecified atom stereocenters. The van der Waals surface area contributed by atoms with E-state index in [4.69, 9.17) is 4.74 Å². The number of ether oxygens (including phenoxy) is 1. The van der Waals surface area contributed by atoms with Gasteiger partial charge in [0.1, 0.15) is 16.3 Å². The lowest BCUT2D eigenvalue weighted by Gasteiger charge is -2.13. The van der Waals surface area contributed by atoms with Crippen LogP contribution in [0.15, 0.2) is 87.9 Å². The number of nitrogens with one attached hydrogen (secondary N) is 1. The van der Waals surface area contributed by atoms with Crippen molar-refractivity contribution in [1.29, 1.82) is 0 Å². The Bertz CT molecular complexity index is 1600. The maximum Gasteiger partial charge on any atom is 0.296 e. The standard InChI is InChI=1S/C26H23N3O6S/c1-16-11-12-22(23(13-16)36(32,33)34)28-29-24-19-9-5-3-7-17(19)14-20(25(24)30)26(31)27-21-10-6-4-8-18(21)15-35-2/h3-14,30H,15H2,1-2H3,(H,27,31)(H,32,33,34)/b29-28+. The molecule has 0 bridgehead atoms. The monoisotopic (exact) mass is 505 g/mol. The molecule has 4 aromatic carbocycles. The molecule has 0 radical (unpaired) electrons. The SMILES string of the molecule is COCc1ccccc1NC(=O)c1cc2ccccc2c(/N=N/c2ccc(C)cc2S(=O)(=O)O)c1O. The second-order valence-electron chi connectivity index (χ2n) is 8.03. The van der Waals surface area contributed by atoms with E-state index >= 15 is 0 Å². The molecule has 10 heteroatoms. The molecule has 184 valence electrons. The van der Waals surface area contributed by atoms with Crippen LogP contribution in [0.2, 0.25) is 0 Å². The third-order valence-corrected chi connectivity index (χ3v) is 6.34. The minimum absolute atomic E-state index is 0.0229. The van der Waals surface area contributed by atoms with Gasteiger partial charge in [-0.15, -0.1) is 10.2 Å². The van der Waals surface area contributed by atoms with Crippen LogP contribution in [0.1, 0.15) is 21.5 Å². The van der Waals surface area contributed by atoms with E-state index in [0.29, 0.717) is 22.0 Å². The highest BCUT2D eigenvalue weighted by Gasteiger charge is 2.20. The first kappa shape index (κ1) is 25.0. The summed E-state index contributed by atoms with van der Waals surface area (Å²) in [5, 5.41) is 23.0. The number of hydrogen-bond donors (Lipinski definition) is 3. The van der Waals surface area contributed by atoms with Crippen molar-refractivity contribution in [2.24, 2.45) is 10.2 Å². The highest BCUT2D eigenvalue weighted by Crippen LogP contribution is 2.40. The number of carbonyl (C=O) groups is 1. The Morgan fingerprint density at radius 1 is 1.00 bits per heavy atom. The number of phenolic OH excluding ortho intramolecular Hbond substituents is 1. The summed E-state index contributed by atoms with van der Waals surface area (Å²) in [6, 6.07) is 19.9. The van der Waals surface area contributed by atoms with Crippen LogP contribution in [0, 0.1) is 6.92 Å². The number of phenols is 1. The molecule has 4 rings (SSSR count). The number of rotatable bonds is 7. The molecule has 0 saturated heterocycles. The number of fused-ring (bicyclic) bond motifs is 1. The average Bonchev–Trinajstić information content (AvgIpc) is 2.84. The van der Waals surface area contributed by atoms with Crippen molar-refractivity contribution in [3.63, 3.8) is 0 Å². The van der Waals surface area contributed by atoms with E-state index in [-0.39, 0.29) is 23.5 Å². The molecule has 1 amide bonds. The van der Waals surface area contributed by atoms with E-state index in [1.807, 2.05) is 12.1 Å². The van der Waals surface area contributed by atoms with E-state index < -0.39 is 26.7 Å². The van der Waals surface area contributed by atoms with Gasteiger partial charge < -0.3 is 15.2 Å². The van der Waals surface area contributed by atoms with Crippen molar-refractivity contribution in [3.05, 3.63) is 89.5 Å². The first-order valence-electron chi connectivity index (χ1n) is 10.8. The number of anilines is 1. The summed E-state index contributed by atoms with van der Waals surface area (Å²) in [7, 11) is -3.02. The Balaban J connectivity index is 1.81. The molecule has 0 atom stereocenters. The number of nitrogens with zero attached hydrogens (tertiary/aromatic N) is 2. The highest BCUT2D eigenvalue weighted by atomic mass is 32.2. The van der Waals surface area contributed by atoms with Crippen LogP contribution in [0.3, 0.4) is 0 Å². The normalized spacial score (nSPS) is 11.8. The summed E-state index contributed by atoms with van der Waals surface area (Å²) >= 11 is 0. The van der Waals surface area contributed by atoms with Gasteiger partial charge >= 0.3 is 0 Å². The zero-order chi connectivity index (χ0) is 25.9. The van der Waals surface area contributed by atoms with Gasteiger partial charge in [-0.05, 0) is 42.1 Å². The molecule has 0 aromatic heterocycles. The van der Waals surface area contributed by atoms with E-state index in [0.717, 1.165) is 5.56 Å². The van der Waals surface area contributed by atoms with Crippen molar-refractivity contribution in [1.82, 2.24) is 0 Å². The number of benzene rings is 4. The predicted molar refractivity (Wildman–Crippen MR) is 136 cm³/mol. The van der Waals surface area contributed by atoms with E-state index in [1.165, 1.54) is 18.2 Å². The van der Waals surface area contributed by atoms with Crippen LogP contribution in [-0.2, 0) is 21.5 Å². The minimum Gasteiger partial charge on any atom is -0.505 e. The Kier molecular flexibility index (Phi) is 7.11. The summed E-state index contributed by atoms with van der Waals surface area (Å²) in [6.45, 7) is 1.95. The molecule has 0 fully saturated rings. The molecule has 4 aromatic rings. The number of hydrogen-bond acceptors (Lipinski definition) is 7. The first-order chi connectivity index (χ1) is 17.2. The molecule has 9 nitrogen and oxygen atoms in total. The molecule has 0 spiro atoms. The molecule has 3 N–H and O–H groups in total. The van der Waals surface area contributed by atoms with Gasteiger partial charge in [0.25, 0.3) is 16.0 Å². The van der Waals surface area contributed by atoms with Crippen molar-refractivity contribution in [2.75, 3.05) is 12.4 Å². The molecule has 0 aliphatic heterocycles. The average molecular weight is 506 g/mol. The second-order valence-corrected chi connectivity index (χ2v) is 9.42. The fourth-order valence-corrected chi connectivity index (χ4v) is 4.43. The summed E-state index contributed by atoms with van der Waals surface area (Å²) in [5.74, 6) is -1.01. The van der Waals surface area contributed by atoms with E-state index in [9.17, 15) is 22.9 Å². The largest absolute Gasteiger partial charge is 0.505 e. The smallest absolute Gasteiger partial charge is 0.296 e. The molecule has 0 heterocycles. The molecular formula is C26H23N3O6S. The highest BCUT2D eigenvalue weighted by molar-refractivity contribution is 7.86. The zero-order valence-electron chi connectivity index (χ0n) is 19.5. The van der Waals surface area contributed by atoms with Gasteiger partial charge in [0.05, 0.1) is 12.2 Å². The van der Waals surface area contributed by atoms with Gasteiger partial charge in [0, 0.05) is 23.7 Å². The predicted octanol–water partition coefficient (Wildman–Crippen LogP) is 5.91. The third kappa shape index (κ3) is 5.25. The summed E-state index contributed by atoms with van der Waals surface area (Å²) < 4.78 is 38.4. The molecule has 0 aliphatic rings. The summed E-state index contributed by atoms with van der Waals surface area (Å²) in [4.78, 5) is 12.8. The second kappa shape index (κ2) is 10.2. The van der Waals surface area contributed by atoms with Gasteiger partial charge in [0.15, 0.2) is 5.75 Å². The van der Waals surface area contributed by atoms with E-state index in [1.54, 1.807) is 56.5 Å². The zero-order valence-corrected chi connectivity index (χ0v) is 20.3. The van der Waals surface area contributed by atoms with Crippen LogP contribution in [0.4, 0.5) is 17.1 Å². The fraction of sp³-hybridized carbons (Fsp3) is 0.115. The Hall–Kier alpha value is -4.12. The lowest BCUT2D eigenvalue weighted by molar-refractivity contribution is 0.102. The van der Waals surface area contributed by atoms with Crippen molar-refractivity contribution in [3.8, 4) is 5.75 Å². The van der Waals surface area contributed by atoms with Crippen LogP contribution in [-0.4, -0.2) is 31.1 Å². The Morgan fingerprint density at radius 2 is 1.72 bits per heavy atom. The van der Waals surface area contributed by atoms with Crippen LogP contribution in [0.5, 0.6) is 5.75 Å². The van der Waals surface area contributed by atoms with Gasteiger partial charge in [-0.25, -0.2) is 0 Å². The number of aromatic hydroxyl groups is 1. The minimum atomic E-state index is -4.57. The van der Waals surface area contributed by atoms with Gasteiger partial charge in [0.2, 0.25) is 0 Å². The number of azo groups is 1. The fourth-order valence-electron chi connectivity index (χ4n) is 3.72. The Labute approximate surface area is 207 Å². The van der Waals surface area contributed by atoms with Crippen LogP contribution < -0.4 is 5.32 Å². The van der Waals surface area contributed by atoms with Crippen molar-refractivity contribution < 1.29 is 27.6 Å². The number of para-hydroxylation sites is 1. The van der Waals surface area contributed by atoms with Crippen LogP contribution in [0.25, 0.3) is 10.8 Å². The Morgan fingerprint density at radius 3 is 2.47 bits per heavy atom. The number of methoxy groups -OCH3 is 1. The quantitative estimate of drug-likeness (QED) is 0.211. The third-order valence-electron chi connectivity index (χ3n) is 5.46. The molecule has 36 heavy (non-hydrogen) atoms. The number of amides is 1. The van der Waals surface area contributed by atoms with Crippen LogP contribution >= 0.6 is 0 Å². The molecule has 0 saturated carbocycles. The van der Waals surface area contributed by atoms with Crippen molar-refractivity contribution >= 4 is 43.9 Å². The van der Waals surface area contributed by atoms with Crippen molar-refractivity contribution in [2.45, 2.75) is 18.4 Å². The van der Waals surface area contributed by atoms with Gasteiger partial charge in [-0.2, -0.15) is 8.42 Å². The maximum atomic E-state index is 13.2. The molecular weight excluding hydrogens is 482 g/mol. The maximum absolute atomic E-state index is 13.2. The first-order valence-corrected chi connectivity index (χ1v) is 12.3. The van der Waals surface area contributed by atoms with Gasteiger partial charge in [-0.3, -0.25) is 9.35 Å². The lowest BCUT2D eigenvalue weighted by atomic mass is 10.0. The molecule has 0 aliphatic carbocycles. The summed E-state index contributed by atoms with van der Waals surface area (Å²) in [5.41, 5.74) is 1.69. The topological polar surface area (TPSA) is 138 Å². The lowest BCUT2D eigenvalue weighted by Crippen LogP contribution is -2.14.